The van der Waals surface area contributed by atoms with Crippen LogP contribution in [0.4, 0.5) is 14.5 Å². The quantitative estimate of drug-likeness (QED) is 0.442. The van der Waals surface area contributed by atoms with Gasteiger partial charge in [-0.3, -0.25) is 20.0 Å². The molecule has 0 amide bonds. The Hall–Kier alpha value is -3.49. The highest BCUT2D eigenvalue weighted by Gasteiger charge is 2.11. The van der Waals surface area contributed by atoms with E-state index in [1.54, 1.807) is 24.3 Å². The van der Waals surface area contributed by atoms with Crippen LogP contribution in [0.2, 0.25) is 0 Å². The SMILES string of the molecule is FC(F)c1nc[nH]n1.O=C(c1ccccc1)c1ccc([N+](=O)[O-])cc1. The van der Waals surface area contributed by atoms with Gasteiger partial charge in [0.05, 0.1) is 4.92 Å². The number of alkyl halides is 2. The molecule has 3 aromatic rings. The number of aromatic amines is 1. The molecule has 0 unspecified atom stereocenters. The highest BCUT2D eigenvalue weighted by molar-refractivity contribution is 6.09. The number of nitrogens with one attached hydrogen (secondary N) is 1. The molecule has 0 spiro atoms. The van der Waals surface area contributed by atoms with E-state index >= 15 is 0 Å². The van der Waals surface area contributed by atoms with Crippen LogP contribution in [0, 0.1) is 10.1 Å². The fourth-order valence-electron chi connectivity index (χ4n) is 1.81. The Morgan fingerprint density at radius 1 is 1.04 bits per heavy atom. The van der Waals surface area contributed by atoms with Crippen LogP contribution >= 0.6 is 0 Å². The second-order valence-corrected chi connectivity index (χ2v) is 4.66. The van der Waals surface area contributed by atoms with Crippen LogP contribution in [-0.2, 0) is 0 Å². The molecule has 3 rings (SSSR count). The van der Waals surface area contributed by atoms with Crippen molar-refractivity contribution in [1.82, 2.24) is 15.2 Å². The van der Waals surface area contributed by atoms with E-state index < -0.39 is 17.2 Å². The molecule has 1 heterocycles. The maximum absolute atomic E-state index is 12.0. The Bertz CT molecular complexity index is 822. The Morgan fingerprint density at radius 2 is 1.64 bits per heavy atom. The molecule has 7 nitrogen and oxygen atoms in total. The Balaban J connectivity index is 0.000000236. The molecular weight excluding hydrogens is 334 g/mol. The minimum atomic E-state index is -2.57. The van der Waals surface area contributed by atoms with E-state index in [9.17, 15) is 23.7 Å². The van der Waals surface area contributed by atoms with Crippen LogP contribution in [0.5, 0.6) is 0 Å². The van der Waals surface area contributed by atoms with Gasteiger partial charge in [-0.1, -0.05) is 30.3 Å². The Kier molecular flexibility index (Phi) is 5.99. The summed E-state index contributed by atoms with van der Waals surface area (Å²) in [6.07, 6.45) is -1.46. The van der Waals surface area contributed by atoms with Gasteiger partial charge in [0.15, 0.2) is 5.78 Å². The van der Waals surface area contributed by atoms with Crippen LogP contribution in [-0.4, -0.2) is 25.9 Å². The number of carbonyl (C=O) groups excluding carboxylic acids is 1. The lowest BCUT2D eigenvalue weighted by Gasteiger charge is -2.00. The number of carbonyl (C=O) groups is 1. The molecule has 25 heavy (non-hydrogen) atoms. The molecule has 0 fully saturated rings. The highest BCUT2D eigenvalue weighted by atomic mass is 19.3. The number of rotatable bonds is 4. The van der Waals surface area contributed by atoms with E-state index in [4.69, 9.17) is 0 Å². The number of hydrogen-bond donors (Lipinski definition) is 1. The standard InChI is InChI=1S/C13H9NO3.C3H3F2N3/c15-13(10-4-2-1-3-5-10)11-6-8-12(9-7-11)14(16)17;4-2(5)3-6-1-7-8-3/h1-9H;1-2H,(H,6,7,8). The summed E-state index contributed by atoms with van der Waals surface area (Å²) in [6.45, 7) is 0. The fourth-order valence-corrected chi connectivity index (χ4v) is 1.81. The molecule has 0 aliphatic heterocycles. The van der Waals surface area contributed by atoms with Crippen molar-refractivity contribution in [1.29, 1.82) is 0 Å². The van der Waals surface area contributed by atoms with Gasteiger partial charge in [0.1, 0.15) is 6.33 Å². The van der Waals surface area contributed by atoms with Crippen molar-refractivity contribution in [2.75, 3.05) is 0 Å². The summed E-state index contributed by atoms with van der Waals surface area (Å²) >= 11 is 0. The lowest BCUT2D eigenvalue weighted by atomic mass is 10.0. The summed E-state index contributed by atoms with van der Waals surface area (Å²) in [6, 6.07) is 14.4. The van der Waals surface area contributed by atoms with Crippen LogP contribution < -0.4 is 0 Å². The van der Waals surface area contributed by atoms with E-state index in [1.165, 1.54) is 24.3 Å². The van der Waals surface area contributed by atoms with E-state index in [-0.39, 0.29) is 11.5 Å². The molecule has 9 heteroatoms. The largest absolute Gasteiger partial charge is 0.299 e. The van der Waals surface area contributed by atoms with Gasteiger partial charge in [-0.2, -0.15) is 5.10 Å². The molecule has 0 saturated carbocycles. The normalized spacial score (nSPS) is 10.0. The zero-order valence-corrected chi connectivity index (χ0v) is 12.7. The number of nitro groups is 1. The molecule has 0 bridgehead atoms. The van der Waals surface area contributed by atoms with E-state index in [0.29, 0.717) is 11.1 Å². The third-order valence-electron chi connectivity index (χ3n) is 3.01. The summed E-state index contributed by atoms with van der Waals surface area (Å²) in [7, 11) is 0. The van der Waals surface area contributed by atoms with Crippen molar-refractivity contribution in [3.05, 3.63) is 88.0 Å². The maximum Gasteiger partial charge on any atom is 0.299 e. The predicted octanol–water partition coefficient (Wildman–Crippen LogP) is 3.57. The van der Waals surface area contributed by atoms with E-state index in [2.05, 4.69) is 15.2 Å². The number of halogens is 2. The van der Waals surface area contributed by atoms with Crippen molar-refractivity contribution >= 4 is 11.5 Å². The van der Waals surface area contributed by atoms with Crippen LogP contribution in [0.25, 0.3) is 0 Å². The molecule has 1 aromatic heterocycles. The first kappa shape index (κ1) is 17.9. The predicted molar refractivity (Wildman–Crippen MR) is 84.3 cm³/mol. The summed E-state index contributed by atoms with van der Waals surface area (Å²) in [5.41, 5.74) is 0.998. The van der Waals surface area contributed by atoms with Crippen molar-refractivity contribution in [3.8, 4) is 0 Å². The second-order valence-electron chi connectivity index (χ2n) is 4.66. The summed E-state index contributed by atoms with van der Waals surface area (Å²) in [4.78, 5) is 25.1. The first-order valence-electron chi connectivity index (χ1n) is 6.97. The van der Waals surface area contributed by atoms with Gasteiger partial charge in [-0.05, 0) is 12.1 Å². The number of aromatic nitrogens is 3. The summed E-state index contributed by atoms with van der Waals surface area (Å²) < 4.78 is 22.9. The monoisotopic (exact) mass is 346 g/mol. The molecular formula is C16H12F2N4O3. The van der Waals surface area contributed by atoms with Gasteiger partial charge in [0, 0.05) is 23.3 Å². The summed E-state index contributed by atoms with van der Waals surface area (Å²) in [5, 5.41) is 15.8. The minimum absolute atomic E-state index is 0.0189. The molecule has 0 aliphatic carbocycles. The number of benzene rings is 2. The number of nitro benzene ring substituents is 1. The van der Waals surface area contributed by atoms with Gasteiger partial charge in [0.25, 0.3) is 12.1 Å². The third-order valence-corrected chi connectivity index (χ3v) is 3.01. The van der Waals surface area contributed by atoms with Crippen LogP contribution in [0.15, 0.2) is 60.9 Å². The lowest BCUT2D eigenvalue weighted by Crippen LogP contribution is -2.00. The molecule has 0 aliphatic rings. The molecule has 2 aromatic carbocycles. The van der Waals surface area contributed by atoms with Crippen molar-refractivity contribution in [2.45, 2.75) is 6.43 Å². The van der Waals surface area contributed by atoms with Gasteiger partial charge in [-0.25, -0.2) is 13.8 Å². The number of hydrogen-bond acceptors (Lipinski definition) is 5. The lowest BCUT2D eigenvalue weighted by molar-refractivity contribution is -0.384. The average Bonchev–Trinajstić information content (AvgIpc) is 3.17. The number of ketones is 1. The third kappa shape index (κ3) is 4.99. The first-order valence-corrected chi connectivity index (χ1v) is 6.97. The smallest absolute Gasteiger partial charge is 0.289 e. The minimum Gasteiger partial charge on any atom is -0.289 e. The zero-order valence-electron chi connectivity index (χ0n) is 12.7. The topological polar surface area (TPSA) is 102 Å². The summed E-state index contributed by atoms with van der Waals surface area (Å²) in [5.74, 6) is -0.592. The maximum atomic E-state index is 12.0. The fraction of sp³-hybridized carbons (Fsp3) is 0.0625. The van der Waals surface area contributed by atoms with Gasteiger partial charge < -0.3 is 0 Å². The molecule has 0 radical (unpaired) electrons. The van der Waals surface area contributed by atoms with Gasteiger partial charge in [-0.15, -0.1) is 0 Å². The zero-order chi connectivity index (χ0) is 18.2. The van der Waals surface area contributed by atoms with Crippen LogP contribution in [0.1, 0.15) is 28.2 Å². The second kappa shape index (κ2) is 8.39. The molecule has 0 saturated heterocycles. The first-order chi connectivity index (χ1) is 12.0. The molecule has 0 atom stereocenters. The number of H-pyrrole nitrogens is 1. The number of non-ortho nitro benzene ring substituents is 1. The Labute approximate surface area is 140 Å². The van der Waals surface area contributed by atoms with E-state index in [1.807, 2.05) is 6.07 Å². The highest BCUT2D eigenvalue weighted by Crippen LogP contribution is 2.15. The molecule has 128 valence electrons. The van der Waals surface area contributed by atoms with E-state index in [0.717, 1.165) is 6.33 Å². The molecule has 1 N–H and O–H groups in total. The van der Waals surface area contributed by atoms with Crippen molar-refractivity contribution in [3.63, 3.8) is 0 Å². The van der Waals surface area contributed by atoms with Crippen molar-refractivity contribution < 1.29 is 18.5 Å². The van der Waals surface area contributed by atoms with Gasteiger partial charge >= 0.3 is 0 Å². The number of nitrogens with zero attached hydrogens (tertiary/aromatic N) is 3. The van der Waals surface area contributed by atoms with Gasteiger partial charge in [0.2, 0.25) is 5.82 Å². The average molecular weight is 346 g/mol. The van der Waals surface area contributed by atoms with Crippen molar-refractivity contribution in [2.24, 2.45) is 0 Å². The van der Waals surface area contributed by atoms with Crippen LogP contribution in [0.3, 0.4) is 0 Å². The Morgan fingerprint density at radius 3 is 2.08 bits per heavy atom.